The second-order valence-electron chi connectivity index (χ2n) is 3.40. The average molecular weight is 251 g/mol. The largest absolute Gasteiger partial charge is 0.465 e. The van der Waals surface area contributed by atoms with Gasteiger partial charge in [0, 0.05) is 6.54 Å². The molecule has 0 aliphatic heterocycles. The molecule has 0 atom stereocenters. The molecule has 0 bridgehead atoms. The predicted octanol–water partition coefficient (Wildman–Crippen LogP) is 1.00. The van der Waals surface area contributed by atoms with Crippen LogP contribution in [0.3, 0.4) is 0 Å². The summed E-state index contributed by atoms with van der Waals surface area (Å²) in [5.41, 5.74) is 0. The van der Waals surface area contributed by atoms with Crippen molar-refractivity contribution in [3.05, 3.63) is 0 Å². The number of hydrogen-bond acceptors (Lipinski definition) is 4. The Labute approximate surface area is 97.8 Å². The summed E-state index contributed by atoms with van der Waals surface area (Å²) in [6.07, 6.45) is 1.43. The van der Waals surface area contributed by atoms with Gasteiger partial charge in [0.25, 0.3) is 0 Å². The van der Waals surface area contributed by atoms with Gasteiger partial charge in [0.05, 0.1) is 12.4 Å². The van der Waals surface area contributed by atoms with E-state index in [1.807, 2.05) is 6.92 Å². The van der Waals surface area contributed by atoms with Crippen molar-refractivity contribution in [1.29, 1.82) is 0 Å². The van der Waals surface area contributed by atoms with Crippen LogP contribution in [0.15, 0.2) is 0 Å². The van der Waals surface area contributed by atoms with Crippen LogP contribution in [0, 0.1) is 0 Å². The third-order valence-corrected chi connectivity index (χ3v) is 4.09. The first-order valence-corrected chi connectivity index (χ1v) is 7.22. The maximum atomic E-state index is 11.8. The number of esters is 1. The molecule has 0 heterocycles. The highest BCUT2D eigenvalue weighted by atomic mass is 32.2. The lowest BCUT2D eigenvalue weighted by Crippen LogP contribution is -2.37. The first kappa shape index (κ1) is 15.4. The molecular weight excluding hydrogens is 230 g/mol. The molecule has 0 aliphatic carbocycles. The third kappa shape index (κ3) is 5.46. The van der Waals surface area contributed by atoms with Gasteiger partial charge in [-0.3, -0.25) is 4.79 Å². The van der Waals surface area contributed by atoms with Gasteiger partial charge in [-0.05, 0) is 13.3 Å². The molecule has 6 heteroatoms. The number of carbonyl (C=O) groups is 1. The molecule has 0 saturated heterocycles. The molecule has 16 heavy (non-hydrogen) atoms. The molecule has 0 aliphatic rings. The molecule has 0 aromatic heterocycles. The van der Waals surface area contributed by atoms with Crippen LogP contribution in [0.4, 0.5) is 0 Å². The second-order valence-corrected chi connectivity index (χ2v) is 5.49. The van der Waals surface area contributed by atoms with Crippen LogP contribution >= 0.6 is 0 Å². The highest BCUT2D eigenvalue weighted by Gasteiger charge is 2.22. The summed E-state index contributed by atoms with van der Waals surface area (Å²) in [5, 5.41) is 0. The Bertz CT molecular complexity index is 300. The molecule has 0 aromatic rings. The summed E-state index contributed by atoms with van der Waals surface area (Å²) >= 11 is 0. The zero-order valence-corrected chi connectivity index (χ0v) is 11.0. The van der Waals surface area contributed by atoms with Gasteiger partial charge in [-0.15, -0.1) is 0 Å². The number of nitrogens with zero attached hydrogens (tertiary/aromatic N) is 1. The highest BCUT2D eigenvalue weighted by Crippen LogP contribution is 2.05. The molecule has 0 amide bonds. The second kappa shape index (κ2) is 7.62. The normalized spacial score (nSPS) is 11.8. The minimum Gasteiger partial charge on any atom is -0.465 e. The van der Waals surface area contributed by atoms with Gasteiger partial charge >= 0.3 is 5.97 Å². The van der Waals surface area contributed by atoms with E-state index in [1.165, 1.54) is 4.31 Å². The van der Waals surface area contributed by atoms with E-state index in [1.54, 1.807) is 13.8 Å². The lowest BCUT2D eigenvalue weighted by atomic mass is 10.4. The van der Waals surface area contributed by atoms with Gasteiger partial charge in [0.1, 0.15) is 6.54 Å². The fourth-order valence-electron chi connectivity index (χ4n) is 1.21. The van der Waals surface area contributed by atoms with Crippen LogP contribution in [0.25, 0.3) is 0 Å². The average Bonchev–Trinajstić information content (AvgIpc) is 2.23. The first-order chi connectivity index (χ1) is 7.47. The van der Waals surface area contributed by atoms with Gasteiger partial charge in [-0.1, -0.05) is 20.3 Å². The van der Waals surface area contributed by atoms with Crippen LogP contribution in [-0.4, -0.2) is 44.1 Å². The van der Waals surface area contributed by atoms with Crippen LogP contribution < -0.4 is 0 Å². The number of hydrogen-bond donors (Lipinski definition) is 0. The van der Waals surface area contributed by atoms with Crippen molar-refractivity contribution in [3.8, 4) is 0 Å². The Morgan fingerprint density at radius 3 is 2.31 bits per heavy atom. The van der Waals surface area contributed by atoms with Crippen LogP contribution in [0.2, 0.25) is 0 Å². The number of sulfonamides is 1. The Hall–Kier alpha value is -0.620. The van der Waals surface area contributed by atoms with Crippen molar-refractivity contribution in [1.82, 2.24) is 4.31 Å². The zero-order chi connectivity index (χ0) is 12.6. The lowest BCUT2D eigenvalue weighted by Gasteiger charge is -2.19. The van der Waals surface area contributed by atoms with Crippen molar-refractivity contribution in [2.45, 2.75) is 33.6 Å². The van der Waals surface area contributed by atoms with Gasteiger partial charge in [0.2, 0.25) is 10.0 Å². The van der Waals surface area contributed by atoms with E-state index in [2.05, 4.69) is 0 Å². The number of likely N-dealkylation sites (N-methyl/N-ethyl adjacent to an activating group) is 1. The summed E-state index contributed by atoms with van der Waals surface area (Å²) in [6.45, 7) is 5.71. The number of rotatable bonds is 8. The van der Waals surface area contributed by atoms with E-state index in [4.69, 9.17) is 4.74 Å². The van der Waals surface area contributed by atoms with Gasteiger partial charge in [-0.2, -0.15) is 4.31 Å². The molecule has 0 saturated carbocycles. The van der Waals surface area contributed by atoms with Crippen molar-refractivity contribution in [2.75, 3.05) is 25.4 Å². The molecule has 0 N–H and O–H groups in total. The van der Waals surface area contributed by atoms with Crippen molar-refractivity contribution >= 4 is 16.0 Å². The van der Waals surface area contributed by atoms with Gasteiger partial charge in [-0.25, -0.2) is 8.42 Å². The van der Waals surface area contributed by atoms with Crippen LogP contribution in [-0.2, 0) is 19.6 Å². The van der Waals surface area contributed by atoms with Crippen molar-refractivity contribution in [3.63, 3.8) is 0 Å². The maximum Gasteiger partial charge on any atom is 0.321 e. The van der Waals surface area contributed by atoms with Gasteiger partial charge < -0.3 is 4.74 Å². The Kier molecular flexibility index (Phi) is 7.33. The van der Waals surface area contributed by atoms with E-state index >= 15 is 0 Å². The molecule has 0 fully saturated rings. The Morgan fingerprint density at radius 1 is 1.25 bits per heavy atom. The minimum atomic E-state index is -3.32. The predicted molar refractivity (Wildman–Crippen MR) is 62.6 cm³/mol. The van der Waals surface area contributed by atoms with Gasteiger partial charge in [0.15, 0.2) is 0 Å². The van der Waals surface area contributed by atoms with E-state index in [0.29, 0.717) is 13.0 Å². The smallest absolute Gasteiger partial charge is 0.321 e. The van der Waals surface area contributed by atoms with Crippen LogP contribution in [0.1, 0.15) is 33.6 Å². The number of carbonyl (C=O) groups excluding carboxylic acids is 1. The monoisotopic (exact) mass is 251 g/mol. The Balaban J connectivity index is 4.41. The van der Waals surface area contributed by atoms with E-state index in [-0.39, 0.29) is 18.9 Å². The first-order valence-electron chi connectivity index (χ1n) is 5.61. The minimum absolute atomic E-state index is 0.0940. The molecule has 0 radical (unpaired) electrons. The summed E-state index contributed by atoms with van der Waals surface area (Å²) in [7, 11) is -3.32. The fourth-order valence-corrected chi connectivity index (χ4v) is 2.82. The van der Waals surface area contributed by atoms with E-state index in [9.17, 15) is 13.2 Å². The highest BCUT2D eigenvalue weighted by molar-refractivity contribution is 7.89. The standard InChI is InChI=1S/C10H21NO4S/c1-4-7-8-16(13,14)11(5-2)9-10(12)15-6-3/h4-9H2,1-3H3. The lowest BCUT2D eigenvalue weighted by molar-refractivity contribution is -0.143. The number of unbranched alkanes of at least 4 members (excludes halogenated alkanes) is 1. The summed E-state index contributed by atoms with van der Waals surface area (Å²) < 4.78 is 29.5. The molecule has 0 spiro atoms. The van der Waals surface area contributed by atoms with Crippen molar-refractivity contribution < 1.29 is 17.9 Å². The molecule has 96 valence electrons. The molecule has 0 aromatic carbocycles. The number of ether oxygens (including phenoxy) is 1. The molecule has 0 rings (SSSR count). The van der Waals surface area contributed by atoms with Crippen molar-refractivity contribution in [2.24, 2.45) is 0 Å². The topological polar surface area (TPSA) is 63.7 Å². The van der Waals surface area contributed by atoms with E-state index in [0.717, 1.165) is 6.42 Å². The SMILES string of the molecule is CCCCS(=O)(=O)N(CC)CC(=O)OCC. The summed E-state index contributed by atoms with van der Waals surface area (Å²) in [4.78, 5) is 11.2. The zero-order valence-electron chi connectivity index (χ0n) is 10.2. The van der Waals surface area contributed by atoms with E-state index < -0.39 is 16.0 Å². The Morgan fingerprint density at radius 2 is 1.88 bits per heavy atom. The quantitative estimate of drug-likeness (QED) is 0.604. The maximum absolute atomic E-state index is 11.8. The summed E-state index contributed by atoms with van der Waals surface area (Å²) in [6, 6.07) is 0. The molecular formula is C10H21NO4S. The molecule has 0 unspecified atom stereocenters. The van der Waals surface area contributed by atoms with Crippen LogP contribution in [0.5, 0.6) is 0 Å². The fraction of sp³-hybridized carbons (Fsp3) is 0.900. The summed E-state index contributed by atoms with van der Waals surface area (Å²) in [5.74, 6) is -0.402. The molecule has 5 nitrogen and oxygen atoms in total. The third-order valence-electron chi connectivity index (χ3n) is 2.11.